The van der Waals surface area contributed by atoms with E-state index in [9.17, 15) is 22.8 Å². The minimum Gasteiger partial charge on any atom is -0.481 e. The van der Waals surface area contributed by atoms with Gasteiger partial charge in [-0.25, -0.2) is 18.0 Å². The van der Waals surface area contributed by atoms with Crippen LogP contribution in [0.4, 0.5) is 18.9 Å². The molecular formula is C19H18F3NO4. The number of anilines is 1. The van der Waals surface area contributed by atoms with E-state index in [-0.39, 0.29) is 0 Å². The van der Waals surface area contributed by atoms with Crippen molar-refractivity contribution in [2.45, 2.75) is 20.8 Å². The number of hydrogen-bond donors (Lipinski definition) is 1. The molecule has 0 heterocycles. The molecule has 0 unspecified atom stereocenters. The minimum atomic E-state index is -1.71. The van der Waals surface area contributed by atoms with E-state index < -0.39 is 48.2 Å². The van der Waals surface area contributed by atoms with Crippen molar-refractivity contribution in [1.29, 1.82) is 0 Å². The number of carbonyl (C=O) groups is 2. The molecule has 2 aromatic rings. The summed E-state index contributed by atoms with van der Waals surface area (Å²) in [4.78, 5) is 23.4. The van der Waals surface area contributed by atoms with Crippen LogP contribution in [0.1, 0.15) is 16.7 Å². The Hall–Kier alpha value is -3.03. The van der Waals surface area contributed by atoms with E-state index in [1.807, 2.05) is 38.2 Å². The third-order valence-corrected chi connectivity index (χ3v) is 3.61. The normalized spacial score (nSPS) is 10.4. The second kappa shape index (κ2) is 8.57. The van der Waals surface area contributed by atoms with Gasteiger partial charge in [-0.2, -0.15) is 0 Å². The molecular weight excluding hydrogens is 363 g/mol. The van der Waals surface area contributed by atoms with Gasteiger partial charge in [-0.15, -0.1) is 0 Å². The average molecular weight is 381 g/mol. The van der Waals surface area contributed by atoms with Crippen molar-refractivity contribution in [2.75, 3.05) is 18.5 Å². The van der Waals surface area contributed by atoms with Crippen LogP contribution >= 0.6 is 0 Å². The van der Waals surface area contributed by atoms with Crippen molar-refractivity contribution < 1.29 is 32.2 Å². The monoisotopic (exact) mass is 381 g/mol. The smallest absolute Gasteiger partial charge is 0.344 e. The minimum absolute atomic E-state index is 0.419. The summed E-state index contributed by atoms with van der Waals surface area (Å²) in [6, 6.07) is 5.33. The highest BCUT2D eigenvalue weighted by atomic mass is 19.2. The van der Waals surface area contributed by atoms with Crippen molar-refractivity contribution in [3.63, 3.8) is 0 Å². The van der Waals surface area contributed by atoms with Gasteiger partial charge in [0.1, 0.15) is 5.75 Å². The number of esters is 1. The number of rotatable bonds is 6. The summed E-state index contributed by atoms with van der Waals surface area (Å²) in [5.41, 5.74) is 2.21. The number of ether oxygens (including phenoxy) is 2. The van der Waals surface area contributed by atoms with Gasteiger partial charge in [0.15, 0.2) is 30.7 Å². The number of aryl methyl sites for hydroxylation is 3. The molecule has 0 spiro atoms. The number of nitrogens with one attached hydrogen (secondary N) is 1. The van der Waals surface area contributed by atoms with E-state index in [0.29, 0.717) is 11.8 Å². The maximum Gasteiger partial charge on any atom is 0.344 e. The summed E-state index contributed by atoms with van der Waals surface area (Å²) in [5.74, 6) is -5.79. The van der Waals surface area contributed by atoms with E-state index in [1.54, 1.807) is 0 Å². The number of benzene rings is 2. The fourth-order valence-corrected chi connectivity index (χ4v) is 2.52. The fourth-order valence-electron chi connectivity index (χ4n) is 2.52. The van der Waals surface area contributed by atoms with Gasteiger partial charge in [-0.05, 0) is 44.0 Å². The largest absolute Gasteiger partial charge is 0.481 e. The van der Waals surface area contributed by atoms with Gasteiger partial charge in [0.2, 0.25) is 0 Å². The molecule has 5 nitrogen and oxygen atoms in total. The molecule has 0 aromatic heterocycles. The van der Waals surface area contributed by atoms with Crippen molar-refractivity contribution in [3.05, 3.63) is 58.4 Å². The second-order valence-corrected chi connectivity index (χ2v) is 5.95. The van der Waals surface area contributed by atoms with Crippen LogP contribution in [0, 0.1) is 38.2 Å². The van der Waals surface area contributed by atoms with Crippen molar-refractivity contribution in [3.8, 4) is 5.75 Å². The van der Waals surface area contributed by atoms with Crippen molar-refractivity contribution >= 4 is 17.6 Å². The quantitative estimate of drug-likeness (QED) is 0.614. The maximum absolute atomic E-state index is 13.5. The van der Waals surface area contributed by atoms with Crippen LogP contribution in [0.15, 0.2) is 24.3 Å². The molecule has 8 heteroatoms. The number of halogens is 3. The summed E-state index contributed by atoms with van der Waals surface area (Å²) in [5, 5.41) is 1.99. The van der Waals surface area contributed by atoms with Crippen LogP contribution in [0.3, 0.4) is 0 Å². The molecule has 0 atom stereocenters. The SMILES string of the molecule is Cc1cc(C)c(OCC(=O)OCC(=O)Nc2ccc(F)c(F)c2F)c(C)c1. The van der Waals surface area contributed by atoms with Gasteiger partial charge < -0.3 is 14.8 Å². The first kappa shape index (κ1) is 20.3. The summed E-state index contributed by atoms with van der Waals surface area (Å²) >= 11 is 0. The van der Waals surface area contributed by atoms with Gasteiger partial charge >= 0.3 is 5.97 Å². The lowest BCUT2D eigenvalue weighted by Crippen LogP contribution is -2.24. The molecule has 0 saturated carbocycles. The fraction of sp³-hybridized carbons (Fsp3) is 0.263. The molecule has 1 amide bonds. The van der Waals surface area contributed by atoms with Gasteiger partial charge in [-0.1, -0.05) is 17.7 Å². The van der Waals surface area contributed by atoms with Crippen LogP contribution in [-0.4, -0.2) is 25.1 Å². The van der Waals surface area contributed by atoms with E-state index in [0.717, 1.165) is 22.8 Å². The number of amides is 1. The highest BCUT2D eigenvalue weighted by Gasteiger charge is 2.16. The van der Waals surface area contributed by atoms with Gasteiger partial charge in [0.05, 0.1) is 5.69 Å². The topological polar surface area (TPSA) is 64.6 Å². The predicted octanol–water partition coefficient (Wildman–Crippen LogP) is 3.59. The van der Waals surface area contributed by atoms with E-state index in [4.69, 9.17) is 9.47 Å². The van der Waals surface area contributed by atoms with Crippen LogP contribution in [0.5, 0.6) is 5.75 Å². The van der Waals surface area contributed by atoms with Crippen LogP contribution in [0.2, 0.25) is 0 Å². The summed E-state index contributed by atoms with van der Waals surface area (Å²) in [7, 11) is 0. The van der Waals surface area contributed by atoms with Crippen LogP contribution in [0.25, 0.3) is 0 Å². The molecule has 0 saturated heterocycles. The molecule has 0 aliphatic rings. The van der Waals surface area contributed by atoms with Gasteiger partial charge in [-0.3, -0.25) is 4.79 Å². The molecule has 27 heavy (non-hydrogen) atoms. The Bertz CT molecular complexity index is 860. The van der Waals surface area contributed by atoms with E-state index in [2.05, 4.69) is 0 Å². The Morgan fingerprint density at radius 1 is 0.963 bits per heavy atom. The lowest BCUT2D eigenvalue weighted by Gasteiger charge is -2.13. The molecule has 0 aliphatic heterocycles. The van der Waals surface area contributed by atoms with Gasteiger partial charge in [0, 0.05) is 0 Å². The van der Waals surface area contributed by atoms with E-state index >= 15 is 0 Å². The summed E-state index contributed by atoms with van der Waals surface area (Å²) in [6.07, 6.45) is 0. The third-order valence-electron chi connectivity index (χ3n) is 3.61. The highest BCUT2D eigenvalue weighted by Crippen LogP contribution is 2.24. The first-order valence-corrected chi connectivity index (χ1v) is 7.98. The predicted molar refractivity (Wildman–Crippen MR) is 92.1 cm³/mol. The molecule has 0 fully saturated rings. The van der Waals surface area contributed by atoms with E-state index in [1.165, 1.54) is 0 Å². The molecule has 0 radical (unpaired) electrons. The lowest BCUT2D eigenvalue weighted by atomic mass is 10.1. The molecule has 2 aromatic carbocycles. The second-order valence-electron chi connectivity index (χ2n) is 5.95. The first-order chi connectivity index (χ1) is 12.7. The molecule has 1 N–H and O–H groups in total. The van der Waals surface area contributed by atoms with Gasteiger partial charge in [0.25, 0.3) is 5.91 Å². The first-order valence-electron chi connectivity index (χ1n) is 7.98. The average Bonchev–Trinajstić information content (AvgIpc) is 2.59. The summed E-state index contributed by atoms with van der Waals surface area (Å²) < 4.78 is 49.6. The Morgan fingerprint density at radius 2 is 1.59 bits per heavy atom. The number of hydrogen-bond acceptors (Lipinski definition) is 4. The summed E-state index contributed by atoms with van der Waals surface area (Å²) in [6.45, 7) is 4.46. The maximum atomic E-state index is 13.5. The Morgan fingerprint density at radius 3 is 2.22 bits per heavy atom. The van der Waals surface area contributed by atoms with Crippen molar-refractivity contribution in [2.24, 2.45) is 0 Å². The Balaban J connectivity index is 1.85. The molecule has 0 aliphatic carbocycles. The zero-order valence-electron chi connectivity index (χ0n) is 15.0. The zero-order chi connectivity index (χ0) is 20.1. The molecule has 0 bridgehead atoms. The molecule has 2 rings (SSSR count). The standard InChI is InChI=1S/C19H18F3NO4/c1-10-6-11(2)19(12(3)7-10)27-9-16(25)26-8-15(24)23-14-5-4-13(20)17(21)18(14)22/h4-7H,8-9H2,1-3H3,(H,23,24). The third kappa shape index (κ3) is 5.22. The highest BCUT2D eigenvalue weighted by molar-refractivity contribution is 5.93. The Labute approximate surface area is 154 Å². The van der Waals surface area contributed by atoms with Crippen molar-refractivity contribution in [1.82, 2.24) is 0 Å². The lowest BCUT2D eigenvalue weighted by molar-refractivity contribution is -0.149. The Kier molecular flexibility index (Phi) is 6.44. The number of carbonyl (C=O) groups excluding carboxylic acids is 2. The van der Waals surface area contributed by atoms with Crippen LogP contribution < -0.4 is 10.1 Å². The molecule has 144 valence electrons. The van der Waals surface area contributed by atoms with Crippen LogP contribution in [-0.2, 0) is 14.3 Å². The zero-order valence-corrected chi connectivity index (χ0v) is 15.0.